The molecule has 1 fully saturated rings. The van der Waals surface area contributed by atoms with Gasteiger partial charge in [0.05, 0.1) is 23.1 Å². The van der Waals surface area contributed by atoms with E-state index < -0.39 is 23.6 Å². The van der Waals surface area contributed by atoms with Gasteiger partial charge in [-0.1, -0.05) is 90.5 Å². The predicted molar refractivity (Wildman–Crippen MR) is 179 cm³/mol. The van der Waals surface area contributed by atoms with Crippen LogP contribution in [-0.4, -0.2) is 43.9 Å². The second kappa shape index (κ2) is 16.3. The molecule has 248 valence electrons. The van der Waals surface area contributed by atoms with E-state index in [4.69, 9.17) is 16.3 Å². The smallest absolute Gasteiger partial charge is 0.417 e. The molecule has 0 aliphatic carbocycles. The summed E-state index contributed by atoms with van der Waals surface area (Å²) in [4.78, 5) is 12.1. The van der Waals surface area contributed by atoms with Crippen molar-refractivity contribution in [2.24, 2.45) is 5.92 Å². The monoisotopic (exact) mass is 664 g/mol. The number of piperidine rings is 1. The Balaban J connectivity index is 1.19. The second-order valence-corrected chi connectivity index (χ2v) is 12.4. The number of halogens is 4. The minimum atomic E-state index is -4.51. The van der Waals surface area contributed by atoms with Crippen molar-refractivity contribution in [2.75, 3.05) is 32.8 Å². The largest absolute Gasteiger partial charge is 0.494 e. The maximum atomic E-state index is 13.4. The Labute approximate surface area is 279 Å². The molecule has 1 saturated heterocycles. The Bertz CT molecular complexity index is 1610. The first-order valence-corrected chi connectivity index (χ1v) is 16.4. The maximum absolute atomic E-state index is 13.4. The molecular weight excluding hydrogens is 625 g/mol. The van der Waals surface area contributed by atoms with Crippen molar-refractivity contribution in [3.05, 3.63) is 135 Å². The van der Waals surface area contributed by atoms with Crippen LogP contribution in [0, 0.1) is 5.92 Å². The predicted octanol–water partition coefficient (Wildman–Crippen LogP) is 8.31. The normalized spacial score (nSPS) is 15.2. The van der Waals surface area contributed by atoms with Gasteiger partial charge in [0.2, 0.25) is 0 Å². The average Bonchev–Trinajstić information content (AvgIpc) is 3.06. The molecule has 0 spiro atoms. The topological polar surface area (TPSA) is 70.6 Å². The van der Waals surface area contributed by atoms with E-state index in [9.17, 15) is 23.1 Å². The number of benzene rings is 4. The number of rotatable bonds is 14. The van der Waals surface area contributed by atoms with E-state index in [-0.39, 0.29) is 23.3 Å². The van der Waals surface area contributed by atoms with Crippen molar-refractivity contribution in [3.8, 4) is 5.75 Å². The van der Waals surface area contributed by atoms with E-state index in [0.29, 0.717) is 31.0 Å². The minimum absolute atomic E-state index is 0.0219. The number of carbonyl (C=O) groups is 1. The first-order valence-electron chi connectivity index (χ1n) is 16.1. The molecule has 0 bridgehead atoms. The van der Waals surface area contributed by atoms with Crippen molar-refractivity contribution >= 4 is 17.6 Å². The third-order valence-electron chi connectivity index (χ3n) is 8.79. The molecule has 0 amide bonds. The summed E-state index contributed by atoms with van der Waals surface area (Å²) in [7, 11) is 0. The molecular formula is C38H40ClF3N2O3. The van der Waals surface area contributed by atoms with Crippen LogP contribution < -0.4 is 15.4 Å². The molecule has 0 radical (unpaired) electrons. The summed E-state index contributed by atoms with van der Waals surface area (Å²) >= 11 is 6.19. The van der Waals surface area contributed by atoms with Crippen LogP contribution in [0.3, 0.4) is 0 Å². The van der Waals surface area contributed by atoms with E-state index >= 15 is 0 Å². The van der Waals surface area contributed by atoms with E-state index in [1.54, 1.807) is 6.07 Å². The molecule has 3 N–H and O–H groups in total. The lowest BCUT2D eigenvalue weighted by Crippen LogP contribution is -2.33. The Morgan fingerprint density at radius 2 is 1.62 bits per heavy atom. The lowest BCUT2D eigenvalue weighted by molar-refractivity contribution is -0.140. The average molecular weight is 665 g/mol. The molecule has 0 saturated carbocycles. The first kappa shape index (κ1) is 34.5. The Morgan fingerprint density at radius 3 is 2.36 bits per heavy atom. The number of nitrogens with one attached hydrogen (secondary N) is 2. The fourth-order valence-electron chi connectivity index (χ4n) is 6.41. The van der Waals surface area contributed by atoms with E-state index in [2.05, 4.69) is 22.8 Å². The van der Waals surface area contributed by atoms with Gasteiger partial charge in [0.25, 0.3) is 0 Å². The Kier molecular flexibility index (Phi) is 12.0. The molecule has 1 aliphatic rings. The van der Waals surface area contributed by atoms with Crippen LogP contribution in [0.4, 0.5) is 13.2 Å². The number of hydrogen-bond donors (Lipinski definition) is 3. The highest BCUT2D eigenvalue weighted by atomic mass is 35.5. The third-order valence-corrected chi connectivity index (χ3v) is 9.23. The highest BCUT2D eigenvalue weighted by Crippen LogP contribution is 2.37. The van der Waals surface area contributed by atoms with Gasteiger partial charge in [-0.3, -0.25) is 4.79 Å². The standard InChI is InChI=1S/C38H40ClF3N2O3/c39-36-31(13-6-15-34(36)38(40,41)42)23-26-8-4-11-29(22-26)33(27-9-2-1-3-10-27)25-44-18-7-21-47-32-14-5-12-30(24-32)35(37(45)46)28-16-19-43-20-17-28/h1-6,8-15,22,24,28,33,35,43-44H,7,16-21,23,25H2,(H,45,46). The summed E-state index contributed by atoms with van der Waals surface area (Å²) in [5.74, 6) is -0.546. The van der Waals surface area contributed by atoms with Gasteiger partial charge in [0.15, 0.2) is 0 Å². The zero-order chi connectivity index (χ0) is 33.2. The fourth-order valence-corrected chi connectivity index (χ4v) is 6.71. The molecule has 5 rings (SSSR count). The summed E-state index contributed by atoms with van der Waals surface area (Å²) in [5.41, 5.74) is 3.46. The summed E-state index contributed by atoms with van der Waals surface area (Å²) in [6, 6.07) is 29.5. The van der Waals surface area contributed by atoms with Crippen LogP contribution in [-0.2, 0) is 17.4 Å². The van der Waals surface area contributed by atoms with Gasteiger partial charge in [-0.15, -0.1) is 0 Å². The molecule has 1 heterocycles. The molecule has 2 unspecified atom stereocenters. The van der Waals surface area contributed by atoms with Crippen molar-refractivity contribution in [2.45, 2.75) is 43.7 Å². The van der Waals surface area contributed by atoms with Crippen LogP contribution >= 0.6 is 11.6 Å². The summed E-state index contributed by atoms with van der Waals surface area (Å²) in [5, 5.41) is 16.6. The van der Waals surface area contributed by atoms with Gasteiger partial charge in [0, 0.05) is 12.5 Å². The number of ether oxygens (including phenoxy) is 1. The number of hydrogen-bond acceptors (Lipinski definition) is 4. The molecule has 47 heavy (non-hydrogen) atoms. The van der Waals surface area contributed by atoms with Crippen LogP contribution in [0.1, 0.15) is 64.5 Å². The molecule has 9 heteroatoms. The maximum Gasteiger partial charge on any atom is 0.417 e. The van der Waals surface area contributed by atoms with Crippen molar-refractivity contribution in [3.63, 3.8) is 0 Å². The summed E-state index contributed by atoms with van der Waals surface area (Å²) < 4.78 is 46.3. The zero-order valence-corrected chi connectivity index (χ0v) is 26.9. The van der Waals surface area contributed by atoms with Gasteiger partial charge in [-0.25, -0.2) is 0 Å². The van der Waals surface area contributed by atoms with Crippen molar-refractivity contribution in [1.29, 1.82) is 0 Å². The minimum Gasteiger partial charge on any atom is -0.494 e. The summed E-state index contributed by atoms with van der Waals surface area (Å²) in [6.45, 7) is 3.51. The Hall–Kier alpha value is -3.85. The van der Waals surface area contributed by atoms with Gasteiger partial charge >= 0.3 is 12.1 Å². The first-order chi connectivity index (χ1) is 22.7. The van der Waals surface area contributed by atoms with Crippen molar-refractivity contribution in [1.82, 2.24) is 10.6 Å². The van der Waals surface area contributed by atoms with Gasteiger partial charge in [-0.05, 0) is 97.3 Å². The molecule has 1 aliphatic heterocycles. The molecule has 5 nitrogen and oxygen atoms in total. The van der Waals surface area contributed by atoms with Gasteiger partial charge in [0.1, 0.15) is 5.75 Å². The quantitative estimate of drug-likeness (QED) is 0.118. The number of alkyl halides is 3. The van der Waals surface area contributed by atoms with Crippen LogP contribution in [0.25, 0.3) is 0 Å². The van der Waals surface area contributed by atoms with Gasteiger partial charge < -0.3 is 20.5 Å². The van der Waals surface area contributed by atoms with Crippen LogP contribution in [0.2, 0.25) is 5.02 Å². The summed E-state index contributed by atoms with van der Waals surface area (Å²) in [6.07, 6.45) is -1.80. The number of carboxylic acids is 1. The number of carboxylic acid groups (broad SMARTS) is 1. The van der Waals surface area contributed by atoms with Gasteiger partial charge in [-0.2, -0.15) is 13.2 Å². The van der Waals surface area contributed by atoms with E-state index in [1.165, 1.54) is 6.07 Å². The van der Waals surface area contributed by atoms with E-state index in [0.717, 1.165) is 60.7 Å². The molecule has 4 aromatic carbocycles. The zero-order valence-electron chi connectivity index (χ0n) is 26.1. The fraction of sp³-hybridized carbons (Fsp3) is 0.342. The SMILES string of the molecule is O=C(O)C(c1cccc(OCCCNCC(c2ccccc2)c2cccc(Cc3cccc(C(F)(F)F)c3Cl)c2)c1)C1CCNCC1. The second-order valence-electron chi connectivity index (χ2n) is 12.0. The highest BCUT2D eigenvalue weighted by Gasteiger charge is 2.34. The van der Waals surface area contributed by atoms with Crippen LogP contribution in [0.15, 0.2) is 97.1 Å². The molecule has 2 atom stereocenters. The lowest BCUT2D eigenvalue weighted by Gasteiger charge is -2.28. The molecule has 0 aromatic heterocycles. The highest BCUT2D eigenvalue weighted by molar-refractivity contribution is 6.32. The van der Waals surface area contributed by atoms with E-state index in [1.807, 2.05) is 66.7 Å². The van der Waals surface area contributed by atoms with Crippen LogP contribution in [0.5, 0.6) is 5.75 Å². The third kappa shape index (κ3) is 9.37. The molecule has 4 aromatic rings. The Morgan fingerprint density at radius 1 is 0.915 bits per heavy atom. The number of aliphatic carboxylic acids is 1. The van der Waals surface area contributed by atoms with Crippen molar-refractivity contribution < 1.29 is 27.8 Å². The lowest BCUT2D eigenvalue weighted by atomic mass is 9.80.